The minimum Gasteiger partial charge on any atom is -0.466 e. The van der Waals surface area contributed by atoms with Gasteiger partial charge in [0, 0.05) is 0 Å². The van der Waals surface area contributed by atoms with Gasteiger partial charge in [-0.05, 0) is 13.3 Å². The van der Waals surface area contributed by atoms with Gasteiger partial charge < -0.3 is 54.3 Å². The first kappa shape index (κ1) is 26.3. The van der Waals surface area contributed by atoms with E-state index in [1.165, 1.54) is 0 Å². The van der Waals surface area contributed by atoms with Gasteiger partial charge in [-0.2, -0.15) is 0 Å². The van der Waals surface area contributed by atoms with Gasteiger partial charge in [-0.1, -0.05) is 13.3 Å². The number of hydrogen-bond acceptors (Lipinski definition) is 12. The summed E-state index contributed by atoms with van der Waals surface area (Å²) >= 11 is 0. The molecule has 2 heterocycles. The average molecular weight is 454 g/mol. The third-order valence-corrected chi connectivity index (χ3v) is 5.13. The van der Waals surface area contributed by atoms with Gasteiger partial charge in [0.15, 0.2) is 12.6 Å². The summed E-state index contributed by atoms with van der Waals surface area (Å²) in [5.41, 5.74) is 0. The van der Waals surface area contributed by atoms with E-state index in [-0.39, 0.29) is 19.6 Å². The van der Waals surface area contributed by atoms with Crippen LogP contribution in [0.3, 0.4) is 0 Å². The molecule has 182 valence electrons. The SMILES string of the molecule is CCCCOC(=O)C[C@@H](C)O[C@H]1O[C@@H](CO[C@H]2OC[C@@H](O)[C@@H](O)[C@@H]2O)[C@H](O)[C@@H](O)[C@@H]1O. The van der Waals surface area contributed by atoms with Gasteiger partial charge in [-0.25, -0.2) is 0 Å². The van der Waals surface area contributed by atoms with Crippen LogP contribution in [-0.2, 0) is 28.5 Å². The van der Waals surface area contributed by atoms with Crippen LogP contribution in [0, 0.1) is 0 Å². The number of hydrogen-bond donors (Lipinski definition) is 6. The number of carbonyl (C=O) groups excluding carboxylic acids is 1. The van der Waals surface area contributed by atoms with E-state index in [2.05, 4.69) is 0 Å². The summed E-state index contributed by atoms with van der Waals surface area (Å²) < 4.78 is 26.5. The van der Waals surface area contributed by atoms with Crippen LogP contribution in [0.15, 0.2) is 0 Å². The zero-order chi connectivity index (χ0) is 23.1. The third kappa shape index (κ3) is 7.29. The maximum atomic E-state index is 11.8. The van der Waals surface area contributed by atoms with Crippen molar-refractivity contribution in [2.24, 2.45) is 0 Å². The van der Waals surface area contributed by atoms with Gasteiger partial charge in [0.25, 0.3) is 0 Å². The lowest BCUT2D eigenvalue weighted by molar-refractivity contribution is -0.326. The normalized spacial score (nSPS) is 39.8. The molecule has 0 aromatic heterocycles. The predicted octanol–water partition coefficient (Wildman–Crippen LogP) is -2.61. The van der Waals surface area contributed by atoms with E-state index in [9.17, 15) is 35.4 Å². The van der Waals surface area contributed by atoms with E-state index in [4.69, 9.17) is 23.7 Å². The molecule has 0 amide bonds. The smallest absolute Gasteiger partial charge is 0.308 e. The first-order chi connectivity index (χ1) is 14.6. The summed E-state index contributed by atoms with van der Waals surface area (Å²) in [6, 6.07) is 0. The molecule has 0 radical (unpaired) electrons. The minimum absolute atomic E-state index is 0.0988. The molecule has 0 aromatic carbocycles. The Bertz CT molecular complexity index is 548. The highest BCUT2D eigenvalue weighted by molar-refractivity contribution is 5.69. The number of carbonyl (C=O) groups is 1. The fraction of sp³-hybridized carbons (Fsp3) is 0.947. The Balaban J connectivity index is 1.87. The molecular formula is C19H34O12. The zero-order valence-corrected chi connectivity index (χ0v) is 17.6. The lowest BCUT2D eigenvalue weighted by Crippen LogP contribution is -2.60. The molecule has 2 aliphatic heterocycles. The lowest BCUT2D eigenvalue weighted by Gasteiger charge is -2.42. The first-order valence-corrected chi connectivity index (χ1v) is 10.4. The van der Waals surface area contributed by atoms with Crippen LogP contribution in [-0.4, -0.2) is 118 Å². The molecular weight excluding hydrogens is 420 g/mol. The number of aliphatic hydroxyl groups excluding tert-OH is 6. The van der Waals surface area contributed by atoms with Gasteiger partial charge in [-0.3, -0.25) is 4.79 Å². The van der Waals surface area contributed by atoms with Crippen LogP contribution in [0.4, 0.5) is 0 Å². The quantitative estimate of drug-likeness (QED) is 0.149. The second kappa shape index (κ2) is 12.3. The van der Waals surface area contributed by atoms with E-state index in [1.54, 1.807) is 6.92 Å². The second-order valence-electron chi connectivity index (χ2n) is 7.82. The fourth-order valence-corrected chi connectivity index (χ4v) is 3.18. The van der Waals surface area contributed by atoms with E-state index in [1.807, 2.05) is 6.92 Å². The Morgan fingerprint density at radius 3 is 2.35 bits per heavy atom. The standard InChI is InChI=1S/C19H34O12/c1-3-4-5-27-12(21)6-9(2)30-19-17(26)15(24)14(23)11(31-19)8-29-18-16(25)13(22)10(20)7-28-18/h9-11,13-20,22-26H,3-8H2,1-2H3/t9-,10-,11+,13-,14+,15-,16+,17+,18-,19+/m1/s1. The molecule has 6 N–H and O–H groups in total. The number of aliphatic hydroxyl groups is 6. The highest BCUT2D eigenvalue weighted by Crippen LogP contribution is 2.25. The van der Waals surface area contributed by atoms with Crippen molar-refractivity contribution >= 4 is 5.97 Å². The van der Waals surface area contributed by atoms with Crippen molar-refractivity contribution in [1.29, 1.82) is 0 Å². The van der Waals surface area contributed by atoms with Gasteiger partial charge in [0.1, 0.15) is 42.7 Å². The molecule has 2 fully saturated rings. The Labute approximate surface area is 180 Å². The van der Waals surface area contributed by atoms with Crippen molar-refractivity contribution < 1.29 is 59.1 Å². The molecule has 0 spiro atoms. The molecule has 2 rings (SSSR count). The highest BCUT2D eigenvalue weighted by atomic mass is 16.7. The van der Waals surface area contributed by atoms with E-state index in [0.717, 1.165) is 12.8 Å². The molecule has 12 heteroatoms. The summed E-state index contributed by atoms with van der Waals surface area (Å²) in [6.07, 6.45) is -12.0. The van der Waals surface area contributed by atoms with Crippen LogP contribution in [0.5, 0.6) is 0 Å². The van der Waals surface area contributed by atoms with Crippen molar-refractivity contribution in [1.82, 2.24) is 0 Å². The monoisotopic (exact) mass is 454 g/mol. The Morgan fingerprint density at radius 1 is 1.00 bits per heavy atom. The molecule has 31 heavy (non-hydrogen) atoms. The summed E-state index contributed by atoms with van der Waals surface area (Å²) in [5, 5.41) is 59.5. The van der Waals surface area contributed by atoms with Gasteiger partial charge in [0.2, 0.25) is 0 Å². The maximum Gasteiger partial charge on any atom is 0.308 e. The summed E-state index contributed by atoms with van der Waals surface area (Å²) in [6.45, 7) is 3.18. The topological polar surface area (TPSA) is 185 Å². The van der Waals surface area contributed by atoms with Crippen molar-refractivity contribution in [3.8, 4) is 0 Å². The molecule has 0 bridgehead atoms. The third-order valence-electron chi connectivity index (χ3n) is 5.13. The molecule has 10 atom stereocenters. The summed E-state index contributed by atoms with van der Waals surface area (Å²) in [5.74, 6) is -0.476. The van der Waals surface area contributed by atoms with Crippen molar-refractivity contribution in [3.63, 3.8) is 0 Å². The summed E-state index contributed by atoms with van der Waals surface area (Å²) in [7, 11) is 0. The second-order valence-corrected chi connectivity index (χ2v) is 7.82. The van der Waals surface area contributed by atoms with Gasteiger partial charge >= 0.3 is 5.97 Å². The summed E-state index contributed by atoms with van der Waals surface area (Å²) in [4.78, 5) is 11.8. The Kier molecular flexibility index (Phi) is 10.5. The number of unbranched alkanes of at least 4 members (excludes halogenated alkanes) is 1. The number of rotatable bonds is 10. The van der Waals surface area contributed by atoms with Gasteiger partial charge in [0.05, 0.1) is 32.3 Å². The van der Waals surface area contributed by atoms with Crippen LogP contribution in [0.25, 0.3) is 0 Å². The van der Waals surface area contributed by atoms with Crippen molar-refractivity contribution in [3.05, 3.63) is 0 Å². The van der Waals surface area contributed by atoms with Crippen LogP contribution >= 0.6 is 0 Å². The lowest BCUT2D eigenvalue weighted by atomic mass is 9.99. The minimum atomic E-state index is -1.62. The predicted molar refractivity (Wildman–Crippen MR) is 101 cm³/mol. The van der Waals surface area contributed by atoms with Crippen LogP contribution in [0.2, 0.25) is 0 Å². The van der Waals surface area contributed by atoms with Crippen molar-refractivity contribution in [2.75, 3.05) is 19.8 Å². The average Bonchev–Trinajstić information content (AvgIpc) is 2.72. The largest absolute Gasteiger partial charge is 0.466 e. The molecule has 2 aliphatic rings. The van der Waals surface area contributed by atoms with E-state index < -0.39 is 67.4 Å². The van der Waals surface area contributed by atoms with E-state index in [0.29, 0.717) is 6.61 Å². The Morgan fingerprint density at radius 2 is 1.68 bits per heavy atom. The number of ether oxygens (including phenoxy) is 5. The molecule has 2 saturated heterocycles. The molecule has 0 saturated carbocycles. The maximum absolute atomic E-state index is 11.8. The van der Waals surface area contributed by atoms with Gasteiger partial charge in [-0.15, -0.1) is 0 Å². The zero-order valence-electron chi connectivity index (χ0n) is 17.6. The molecule has 0 aromatic rings. The van der Waals surface area contributed by atoms with E-state index >= 15 is 0 Å². The first-order valence-electron chi connectivity index (χ1n) is 10.4. The van der Waals surface area contributed by atoms with Crippen molar-refractivity contribution in [2.45, 2.75) is 94.5 Å². The Hall–Kier alpha value is -0.930. The molecule has 12 nitrogen and oxygen atoms in total. The molecule has 0 unspecified atom stereocenters. The molecule has 0 aliphatic carbocycles. The number of esters is 1. The van der Waals surface area contributed by atoms with Crippen LogP contribution in [0.1, 0.15) is 33.1 Å². The fourth-order valence-electron chi connectivity index (χ4n) is 3.18. The highest BCUT2D eigenvalue weighted by Gasteiger charge is 2.46. The van der Waals surface area contributed by atoms with Crippen LogP contribution < -0.4 is 0 Å².